The first-order valence-corrected chi connectivity index (χ1v) is 7.12. The summed E-state index contributed by atoms with van der Waals surface area (Å²) in [4.78, 5) is 10.9. The van der Waals surface area contributed by atoms with E-state index in [2.05, 4.69) is 0 Å². The van der Waals surface area contributed by atoms with E-state index in [-0.39, 0.29) is 5.25 Å². The number of carboxylic acids is 1. The molecule has 0 aliphatic carbocycles. The van der Waals surface area contributed by atoms with Gasteiger partial charge in [-0.15, -0.1) is 0 Å². The van der Waals surface area contributed by atoms with Gasteiger partial charge in [-0.25, -0.2) is 0 Å². The van der Waals surface area contributed by atoms with Gasteiger partial charge >= 0.3 is 5.97 Å². The third-order valence-corrected chi connectivity index (χ3v) is 4.14. The first-order chi connectivity index (χ1) is 8.31. The number of halogens is 1. The maximum atomic E-state index is 10.9. The Bertz CT molecular complexity index is 406. The molecule has 0 amide bonds. The summed E-state index contributed by atoms with van der Waals surface area (Å²) < 4.78 is 0. The molecule has 18 heavy (non-hydrogen) atoms. The summed E-state index contributed by atoms with van der Waals surface area (Å²) in [6.45, 7) is 3.54. The molecule has 3 N–H and O–H groups in total. The van der Waals surface area contributed by atoms with Crippen LogP contribution in [-0.2, 0) is 10.5 Å². The number of nitrogens with two attached hydrogens (primary N) is 1. The molecular formula is C13H18ClNO2S. The Morgan fingerprint density at radius 1 is 1.50 bits per heavy atom. The Morgan fingerprint density at radius 2 is 2.06 bits per heavy atom. The van der Waals surface area contributed by atoms with Crippen molar-refractivity contribution in [2.24, 2.45) is 5.73 Å². The van der Waals surface area contributed by atoms with E-state index < -0.39 is 11.5 Å². The molecule has 1 rings (SSSR count). The molecule has 0 aromatic heterocycles. The van der Waals surface area contributed by atoms with Gasteiger partial charge in [0.25, 0.3) is 0 Å². The van der Waals surface area contributed by atoms with Crippen molar-refractivity contribution in [3.8, 4) is 0 Å². The van der Waals surface area contributed by atoms with Crippen molar-refractivity contribution in [2.45, 2.75) is 36.8 Å². The topological polar surface area (TPSA) is 63.3 Å². The molecule has 2 unspecified atom stereocenters. The molecule has 100 valence electrons. The fraction of sp³-hybridized carbons (Fsp3) is 0.462. The van der Waals surface area contributed by atoms with E-state index in [9.17, 15) is 4.79 Å². The summed E-state index contributed by atoms with van der Waals surface area (Å²) in [5, 5.41) is 9.86. The predicted octanol–water partition coefficient (Wildman–Crippen LogP) is 3.15. The van der Waals surface area contributed by atoms with Crippen LogP contribution in [0.3, 0.4) is 0 Å². The van der Waals surface area contributed by atoms with E-state index in [4.69, 9.17) is 22.4 Å². The summed E-state index contributed by atoms with van der Waals surface area (Å²) in [5.41, 5.74) is 5.73. The molecule has 1 aromatic carbocycles. The van der Waals surface area contributed by atoms with Crippen molar-refractivity contribution < 1.29 is 9.90 Å². The number of carbonyl (C=O) groups is 1. The van der Waals surface area contributed by atoms with Gasteiger partial charge in [0.2, 0.25) is 0 Å². The van der Waals surface area contributed by atoms with Crippen molar-refractivity contribution >= 4 is 29.3 Å². The van der Waals surface area contributed by atoms with Crippen molar-refractivity contribution in [3.63, 3.8) is 0 Å². The Hall–Kier alpha value is -0.710. The maximum Gasteiger partial charge on any atom is 0.323 e. The average molecular weight is 288 g/mol. The number of rotatable bonds is 6. The SMILES string of the molecule is CC(CC(C)(N)C(=O)O)SCc1ccc(Cl)cc1. The summed E-state index contributed by atoms with van der Waals surface area (Å²) in [6, 6.07) is 7.65. The van der Waals surface area contributed by atoms with E-state index >= 15 is 0 Å². The molecular weight excluding hydrogens is 270 g/mol. The van der Waals surface area contributed by atoms with Crippen molar-refractivity contribution in [1.29, 1.82) is 0 Å². The van der Waals surface area contributed by atoms with Crippen LogP contribution in [0.15, 0.2) is 24.3 Å². The fourth-order valence-corrected chi connectivity index (χ4v) is 2.82. The minimum atomic E-state index is -1.16. The van der Waals surface area contributed by atoms with Gasteiger partial charge in [0, 0.05) is 16.0 Å². The monoisotopic (exact) mass is 287 g/mol. The molecule has 5 heteroatoms. The zero-order chi connectivity index (χ0) is 13.8. The number of hydrogen-bond acceptors (Lipinski definition) is 3. The lowest BCUT2D eigenvalue weighted by molar-refractivity contribution is -0.142. The summed E-state index contributed by atoms with van der Waals surface area (Å²) in [6.07, 6.45) is 0.445. The Labute approximate surface area is 117 Å². The van der Waals surface area contributed by atoms with E-state index in [1.54, 1.807) is 18.7 Å². The highest BCUT2D eigenvalue weighted by molar-refractivity contribution is 7.99. The maximum absolute atomic E-state index is 10.9. The second kappa shape index (κ2) is 6.45. The molecule has 0 radical (unpaired) electrons. The predicted molar refractivity (Wildman–Crippen MR) is 77.1 cm³/mol. The Kier molecular flexibility index (Phi) is 5.50. The Morgan fingerprint density at radius 3 is 2.56 bits per heavy atom. The van der Waals surface area contributed by atoms with Crippen LogP contribution in [0.2, 0.25) is 5.02 Å². The van der Waals surface area contributed by atoms with Gasteiger partial charge in [0.05, 0.1) is 0 Å². The normalized spacial score (nSPS) is 16.0. The van der Waals surface area contributed by atoms with Gasteiger partial charge in [-0.1, -0.05) is 30.7 Å². The number of benzene rings is 1. The highest BCUT2D eigenvalue weighted by atomic mass is 35.5. The standard InChI is InChI=1S/C13H18ClNO2S/c1-9(7-13(2,15)12(16)17)18-8-10-3-5-11(14)6-4-10/h3-6,9H,7-8,15H2,1-2H3,(H,16,17). The molecule has 0 heterocycles. The van der Waals surface area contributed by atoms with Crippen LogP contribution in [0.5, 0.6) is 0 Å². The zero-order valence-electron chi connectivity index (χ0n) is 10.5. The smallest absolute Gasteiger partial charge is 0.323 e. The Balaban J connectivity index is 2.44. The van der Waals surface area contributed by atoms with E-state index in [1.807, 2.05) is 31.2 Å². The second-order valence-corrected chi connectivity index (χ2v) is 6.54. The van der Waals surface area contributed by atoms with Crippen LogP contribution in [0, 0.1) is 0 Å². The van der Waals surface area contributed by atoms with Gasteiger partial charge in [0.15, 0.2) is 0 Å². The van der Waals surface area contributed by atoms with Gasteiger partial charge in [0.1, 0.15) is 5.54 Å². The summed E-state index contributed by atoms with van der Waals surface area (Å²) in [5.74, 6) is -0.130. The highest BCUT2D eigenvalue weighted by Gasteiger charge is 2.29. The molecule has 0 saturated carbocycles. The molecule has 0 bridgehead atoms. The molecule has 0 saturated heterocycles. The van der Waals surface area contributed by atoms with Crippen LogP contribution >= 0.6 is 23.4 Å². The zero-order valence-corrected chi connectivity index (χ0v) is 12.1. The molecule has 3 nitrogen and oxygen atoms in total. The molecule has 0 fully saturated rings. The molecule has 0 aliphatic heterocycles. The molecule has 0 spiro atoms. The largest absolute Gasteiger partial charge is 0.480 e. The molecule has 2 atom stereocenters. The summed E-state index contributed by atoms with van der Waals surface area (Å²) in [7, 11) is 0. The minimum absolute atomic E-state index is 0.187. The first-order valence-electron chi connectivity index (χ1n) is 5.69. The van der Waals surface area contributed by atoms with Gasteiger partial charge in [-0.05, 0) is 31.0 Å². The van der Waals surface area contributed by atoms with Crippen LogP contribution in [-0.4, -0.2) is 21.9 Å². The van der Waals surface area contributed by atoms with Crippen LogP contribution < -0.4 is 5.73 Å². The third-order valence-electron chi connectivity index (χ3n) is 2.65. The van der Waals surface area contributed by atoms with Crippen molar-refractivity contribution in [1.82, 2.24) is 0 Å². The van der Waals surface area contributed by atoms with Crippen LogP contribution in [0.1, 0.15) is 25.8 Å². The number of hydrogen-bond donors (Lipinski definition) is 2. The van der Waals surface area contributed by atoms with Gasteiger partial charge < -0.3 is 10.8 Å². The number of carboxylic acid groups (broad SMARTS) is 1. The lowest BCUT2D eigenvalue weighted by Crippen LogP contribution is -2.46. The number of thioether (sulfide) groups is 1. The quantitative estimate of drug-likeness (QED) is 0.844. The van der Waals surface area contributed by atoms with Crippen molar-refractivity contribution in [3.05, 3.63) is 34.9 Å². The molecule has 1 aromatic rings. The minimum Gasteiger partial charge on any atom is -0.480 e. The lowest BCUT2D eigenvalue weighted by Gasteiger charge is -2.23. The number of aliphatic carboxylic acids is 1. The highest BCUT2D eigenvalue weighted by Crippen LogP contribution is 2.24. The molecule has 0 aliphatic rings. The lowest BCUT2D eigenvalue weighted by atomic mass is 9.98. The summed E-state index contributed by atoms with van der Waals surface area (Å²) >= 11 is 7.50. The van der Waals surface area contributed by atoms with Gasteiger partial charge in [-0.3, -0.25) is 4.79 Å². The van der Waals surface area contributed by atoms with Crippen molar-refractivity contribution in [2.75, 3.05) is 0 Å². The van der Waals surface area contributed by atoms with Crippen LogP contribution in [0.4, 0.5) is 0 Å². The van der Waals surface area contributed by atoms with E-state index in [0.29, 0.717) is 6.42 Å². The average Bonchev–Trinajstić information content (AvgIpc) is 2.27. The van der Waals surface area contributed by atoms with Gasteiger partial charge in [-0.2, -0.15) is 11.8 Å². The fourth-order valence-electron chi connectivity index (χ4n) is 1.56. The van der Waals surface area contributed by atoms with E-state index in [0.717, 1.165) is 10.8 Å². The second-order valence-electron chi connectivity index (χ2n) is 4.67. The van der Waals surface area contributed by atoms with E-state index in [1.165, 1.54) is 5.56 Å². The van der Waals surface area contributed by atoms with Crippen LogP contribution in [0.25, 0.3) is 0 Å². The first kappa shape index (κ1) is 15.3. The third kappa shape index (κ3) is 4.88.